The van der Waals surface area contributed by atoms with Gasteiger partial charge in [-0.05, 0) is 12.5 Å². The van der Waals surface area contributed by atoms with Crippen molar-refractivity contribution in [2.75, 3.05) is 0 Å². The molecule has 0 spiro atoms. The summed E-state index contributed by atoms with van der Waals surface area (Å²) in [6.45, 7) is 1.46. The Morgan fingerprint density at radius 1 is 1.31 bits per heavy atom. The highest BCUT2D eigenvalue weighted by molar-refractivity contribution is 14.1. The summed E-state index contributed by atoms with van der Waals surface area (Å²) in [6, 6.07) is 8.59. The van der Waals surface area contributed by atoms with E-state index in [4.69, 9.17) is 4.55 Å². The molecular weight excluding hydrogens is 303 g/mol. The van der Waals surface area contributed by atoms with Crippen LogP contribution in [0.5, 0.6) is 0 Å². The van der Waals surface area contributed by atoms with Crippen LogP contribution in [0.3, 0.4) is 0 Å². The zero-order chi connectivity index (χ0) is 10.1. The molecule has 1 N–H and O–H groups in total. The van der Waals surface area contributed by atoms with Gasteiger partial charge in [0.05, 0.1) is 0 Å². The maximum Gasteiger partial charge on any atom is 0.284 e. The molecule has 0 aliphatic heterocycles. The fraction of sp³-hybridized carbons (Fsp3) is 0.250. The van der Waals surface area contributed by atoms with Gasteiger partial charge in [0.15, 0.2) is 2.75 Å². The largest absolute Gasteiger partial charge is 0.284 e. The van der Waals surface area contributed by atoms with E-state index in [1.54, 1.807) is 52.9 Å². The molecule has 0 aromatic heterocycles. The predicted octanol–water partition coefficient (Wildman–Crippen LogP) is 2.18. The molecule has 0 aliphatic rings. The zero-order valence-corrected chi connectivity index (χ0v) is 9.91. The average Bonchev–Trinajstić information content (AvgIpc) is 2.04. The highest BCUT2D eigenvalue weighted by Gasteiger charge is 2.36. The molecule has 0 saturated heterocycles. The van der Waals surface area contributed by atoms with Crippen molar-refractivity contribution >= 4 is 32.7 Å². The number of rotatable bonds is 2. The fourth-order valence-corrected chi connectivity index (χ4v) is 1.68. The highest BCUT2D eigenvalue weighted by Crippen LogP contribution is 2.36. The molecule has 13 heavy (non-hydrogen) atoms. The second-order valence-corrected chi connectivity index (χ2v) is 7.41. The van der Waals surface area contributed by atoms with E-state index >= 15 is 0 Å². The van der Waals surface area contributed by atoms with Crippen molar-refractivity contribution in [2.45, 2.75) is 9.68 Å². The smallest absolute Gasteiger partial charge is 0.284 e. The first-order valence-corrected chi connectivity index (χ1v) is 6.09. The van der Waals surface area contributed by atoms with Crippen LogP contribution in [0.2, 0.25) is 0 Å². The number of benzene rings is 1. The fourth-order valence-electron chi connectivity index (χ4n) is 0.885. The normalized spacial score (nSPS) is 16.5. The SMILES string of the molecule is CC(I)(c1ccccc1)S(=O)(=O)O. The van der Waals surface area contributed by atoms with Crippen LogP contribution in [0.15, 0.2) is 30.3 Å². The van der Waals surface area contributed by atoms with Gasteiger partial charge in [0.25, 0.3) is 10.1 Å². The van der Waals surface area contributed by atoms with Gasteiger partial charge in [-0.1, -0.05) is 52.9 Å². The first-order valence-electron chi connectivity index (χ1n) is 3.57. The zero-order valence-electron chi connectivity index (χ0n) is 6.94. The molecule has 0 amide bonds. The molecule has 1 unspecified atom stereocenters. The summed E-state index contributed by atoms with van der Waals surface area (Å²) in [5.74, 6) is 0. The standard InChI is InChI=1S/C8H9IO3S/c1-8(9,13(10,11)12)7-5-3-2-4-6-7/h2-6H,1H3,(H,10,11,12). The van der Waals surface area contributed by atoms with Crippen LogP contribution in [0.4, 0.5) is 0 Å². The van der Waals surface area contributed by atoms with Gasteiger partial charge >= 0.3 is 0 Å². The first-order chi connectivity index (χ1) is 5.86. The molecular formula is C8H9IO3S. The van der Waals surface area contributed by atoms with Gasteiger partial charge in [-0.3, -0.25) is 4.55 Å². The Labute approximate surface area is 91.1 Å². The minimum atomic E-state index is -4.07. The molecule has 1 aromatic carbocycles. The van der Waals surface area contributed by atoms with E-state index in [1.807, 2.05) is 0 Å². The van der Waals surface area contributed by atoms with Crippen LogP contribution in [-0.2, 0) is 12.9 Å². The lowest BCUT2D eigenvalue weighted by atomic mass is 10.2. The Kier molecular flexibility index (Phi) is 2.98. The molecule has 1 rings (SSSR count). The van der Waals surface area contributed by atoms with E-state index in [2.05, 4.69) is 0 Å². The van der Waals surface area contributed by atoms with Crippen LogP contribution in [0.25, 0.3) is 0 Å². The predicted molar refractivity (Wildman–Crippen MR) is 59.4 cm³/mol. The summed E-state index contributed by atoms with van der Waals surface area (Å²) in [5.41, 5.74) is 0.568. The summed E-state index contributed by atoms with van der Waals surface area (Å²) in [7, 11) is -4.07. The van der Waals surface area contributed by atoms with E-state index in [0.717, 1.165) is 0 Å². The van der Waals surface area contributed by atoms with Gasteiger partial charge in [0.2, 0.25) is 0 Å². The number of alkyl halides is 1. The molecule has 1 atom stereocenters. The third kappa shape index (κ3) is 2.21. The monoisotopic (exact) mass is 312 g/mol. The molecule has 3 nitrogen and oxygen atoms in total. The molecule has 0 radical (unpaired) electrons. The molecule has 0 aliphatic carbocycles. The van der Waals surface area contributed by atoms with E-state index in [1.165, 1.54) is 6.92 Å². The Balaban J connectivity index is 3.24. The van der Waals surface area contributed by atoms with Crippen LogP contribution in [-0.4, -0.2) is 13.0 Å². The van der Waals surface area contributed by atoms with E-state index in [-0.39, 0.29) is 0 Å². The lowest BCUT2D eigenvalue weighted by Gasteiger charge is -2.18. The van der Waals surface area contributed by atoms with Crippen molar-refractivity contribution in [1.82, 2.24) is 0 Å². The van der Waals surface area contributed by atoms with Gasteiger partial charge in [-0.2, -0.15) is 8.42 Å². The van der Waals surface area contributed by atoms with Gasteiger partial charge in [-0.25, -0.2) is 0 Å². The van der Waals surface area contributed by atoms with Crippen LogP contribution < -0.4 is 0 Å². The van der Waals surface area contributed by atoms with E-state index in [0.29, 0.717) is 5.56 Å². The third-order valence-electron chi connectivity index (χ3n) is 1.77. The van der Waals surface area contributed by atoms with Crippen molar-refractivity contribution in [2.24, 2.45) is 0 Å². The van der Waals surface area contributed by atoms with Gasteiger partial charge in [-0.15, -0.1) is 0 Å². The Hall–Kier alpha value is -0.140. The molecule has 1 aromatic rings. The summed E-state index contributed by atoms with van der Waals surface area (Å²) in [4.78, 5) is 0. The van der Waals surface area contributed by atoms with E-state index < -0.39 is 12.9 Å². The third-order valence-corrected chi connectivity index (χ3v) is 5.27. The minimum Gasteiger partial charge on any atom is -0.284 e. The molecule has 5 heteroatoms. The molecule has 0 bridgehead atoms. The first kappa shape index (κ1) is 10.9. The lowest BCUT2D eigenvalue weighted by Crippen LogP contribution is -2.24. The van der Waals surface area contributed by atoms with Crippen LogP contribution >= 0.6 is 22.6 Å². The summed E-state index contributed by atoms with van der Waals surface area (Å²) in [6.07, 6.45) is 0. The van der Waals surface area contributed by atoms with Crippen molar-refractivity contribution in [1.29, 1.82) is 0 Å². The molecule has 0 fully saturated rings. The number of hydrogen-bond donors (Lipinski definition) is 1. The van der Waals surface area contributed by atoms with Crippen molar-refractivity contribution in [3.63, 3.8) is 0 Å². The van der Waals surface area contributed by atoms with Crippen molar-refractivity contribution in [3.05, 3.63) is 35.9 Å². The Morgan fingerprint density at radius 2 is 1.77 bits per heavy atom. The summed E-state index contributed by atoms with van der Waals surface area (Å²) in [5, 5.41) is 0. The van der Waals surface area contributed by atoms with Crippen LogP contribution in [0.1, 0.15) is 12.5 Å². The summed E-state index contributed by atoms with van der Waals surface area (Å²) >= 11 is 1.71. The summed E-state index contributed by atoms with van der Waals surface area (Å²) < 4.78 is 29.7. The van der Waals surface area contributed by atoms with Gasteiger partial charge in [0.1, 0.15) is 0 Å². The van der Waals surface area contributed by atoms with E-state index in [9.17, 15) is 8.42 Å². The second-order valence-electron chi connectivity index (χ2n) is 2.76. The van der Waals surface area contributed by atoms with Gasteiger partial charge in [0, 0.05) is 0 Å². The Bertz CT molecular complexity index is 383. The maximum atomic E-state index is 11.0. The second kappa shape index (κ2) is 3.55. The molecule has 72 valence electrons. The Morgan fingerprint density at radius 3 is 2.15 bits per heavy atom. The lowest BCUT2D eigenvalue weighted by molar-refractivity contribution is 0.469. The molecule has 0 saturated carbocycles. The van der Waals surface area contributed by atoms with Crippen molar-refractivity contribution < 1.29 is 13.0 Å². The quantitative estimate of drug-likeness (QED) is 0.517. The average molecular weight is 312 g/mol. The maximum absolute atomic E-state index is 11.0. The van der Waals surface area contributed by atoms with Crippen LogP contribution in [0, 0.1) is 0 Å². The molecule has 0 heterocycles. The number of hydrogen-bond acceptors (Lipinski definition) is 2. The number of halogens is 1. The topological polar surface area (TPSA) is 54.4 Å². The highest BCUT2D eigenvalue weighted by atomic mass is 127. The van der Waals surface area contributed by atoms with Gasteiger partial charge < -0.3 is 0 Å². The van der Waals surface area contributed by atoms with Crippen molar-refractivity contribution in [3.8, 4) is 0 Å². The minimum absolute atomic E-state index is 0.568.